The summed E-state index contributed by atoms with van der Waals surface area (Å²) in [4.78, 5) is 22.6. The normalized spacial score (nSPS) is 13.7. The minimum absolute atomic E-state index is 0. The van der Waals surface area contributed by atoms with E-state index in [1.54, 1.807) is 13.3 Å². The molecule has 1 saturated heterocycles. The van der Waals surface area contributed by atoms with Crippen LogP contribution < -0.4 is 10.6 Å². The first-order valence-corrected chi connectivity index (χ1v) is 10.5. The van der Waals surface area contributed by atoms with Crippen molar-refractivity contribution < 1.29 is 9.21 Å². The number of rotatable bonds is 7. The van der Waals surface area contributed by atoms with Crippen molar-refractivity contribution in [3.05, 3.63) is 77.7 Å². The third-order valence-electron chi connectivity index (χ3n) is 5.23. The van der Waals surface area contributed by atoms with Crippen LogP contribution in [0, 0.1) is 0 Å². The van der Waals surface area contributed by atoms with Gasteiger partial charge in [-0.25, -0.2) is 4.98 Å². The molecule has 0 radical (unpaired) electrons. The number of nitrogens with one attached hydrogen (secondary N) is 2. The van der Waals surface area contributed by atoms with E-state index in [1.165, 1.54) is 0 Å². The largest absolute Gasteiger partial charge is 0.444 e. The molecule has 1 aromatic heterocycles. The number of nitrogens with zero attached hydrogens (tertiary/aromatic N) is 3. The number of likely N-dealkylation sites (tertiary alicyclic amines) is 1. The number of oxazole rings is 1. The number of carbonyl (C=O) groups excluding carboxylic acids is 1. The van der Waals surface area contributed by atoms with Crippen LogP contribution in [0.1, 0.15) is 29.7 Å². The van der Waals surface area contributed by atoms with Crippen LogP contribution in [0.2, 0.25) is 0 Å². The van der Waals surface area contributed by atoms with E-state index in [9.17, 15) is 4.79 Å². The Morgan fingerprint density at radius 3 is 2.62 bits per heavy atom. The summed E-state index contributed by atoms with van der Waals surface area (Å²) in [5, 5.41) is 6.59. The van der Waals surface area contributed by atoms with Crippen LogP contribution in [-0.2, 0) is 24.4 Å². The van der Waals surface area contributed by atoms with E-state index in [2.05, 4.69) is 38.8 Å². The van der Waals surface area contributed by atoms with Gasteiger partial charge in [-0.3, -0.25) is 9.79 Å². The van der Waals surface area contributed by atoms with Crippen LogP contribution in [0.4, 0.5) is 0 Å². The molecule has 1 amide bonds. The van der Waals surface area contributed by atoms with Gasteiger partial charge in [0.2, 0.25) is 11.8 Å². The smallest absolute Gasteiger partial charge is 0.226 e. The first kappa shape index (κ1) is 23.8. The lowest BCUT2D eigenvalue weighted by Gasteiger charge is -2.16. The third-order valence-corrected chi connectivity index (χ3v) is 5.23. The maximum Gasteiger partial charge on any atom is 0.226 e. The Kier molecular flexibility index (Phi) is 8.66. The predicted octanol–water partition coefficient (Wildman–Crippen LogP) is 3.95. The monoisotopic (exact) mass is 545 g/mol. The molecule has 0 spiro atoms. The molecule has 1 aliphatic heterocycles. The van der Waals surface area contributed by atoms with Crippen molar-refractivity contribution in [3.8, 4) is 11.5 Å². The molecule has 32 heavy (non-hydrogen) atoms. The summed E-state index contributed by atoms with van der Waals surface area (Å²) < 4.78 is 5.58. The second-order valence-electron chi connectivity index (χ2n) is 7.53. The van der Waals surface area contributed by atoms with Crippen molar-refractivity contribution >= 4 is 35.8 Å². The Morgan fingerprint density at radius 2 is 1.88 bits per heavy atom. The van der Waals surface area contributed by atoms with Crippen molar-refractivity contribution in [1.82, 2.24) is 20.5 Å². The second-order valence-corrected chi connectivity index (χ2v) is 7.53. The minimum Gasteiger partial charge on any atom is -0.444 e. The Hall–Kier alpha value is -2.88. The van der Waals surface area contributed by atoms with E-state index in [-0.39, 0.29) is 29.9 Å². The van der Waals surface area contributed by atoms with E-state index in [4.69, 9.17) is 4.42 Å². The third kappa shape index (κ3) is 6.32. The number of carbonyl (C=O) groups is 1. The summed E-state index contributed by atoms with van der Waals surface area (Å²) in [7, 11) is 1.74. The van der Waals surface area contributed by atoms with E-state index < -0.39 is 0 Å². The summed E-state index contributed by atoms with van der Waals surface area (Å²) in [6.07, 6.45) is 3.29. The van der Waals surface area contributed by atoms with E-state index in [0.29, 0.717) is 37.9 Å². The number of halogens is 1. The average molecular weight is 545 g/mol. The molecule has 0 unspecified atom stereocenters. The van der Waals surface area contributed by atoms with E-state index >= 15 is 0 Å². The molecule has 7 nitrogen and oxygen atoms in total. The molecule has 1 fully saturated rings. The van der Waals surface area contributed by atoms with Gasteiger partial charge in [-0.1, -0.05) is 42.5 Å². The molecule has 0 atom stereocenters. The van der Waals surface area contributed by atoms with Gasteiger partial charge in [0, 0.05) is 38.7 Å². The highest BCUT2D eigenvalue weighted by Gasteiger charge is 2.19. The molecule has 0 bridgehead atoms. The number of hydrogen-bond acceptors (Lipinski definition) is 4. The maximum absolute atomic E-state index is 11.9. The average Bonchev–Trinajstić information content (AvgIpc) is 3.44. The Morgan fingerprint density at radius 1 is 1.09 bits per heavy atom. The molecule has 3 aromatic rings. The second kappa shape index (κ2) is 11.7. The predicted molar refractivity (Wildman–Crippen MR) is 135 cm³/mol. The SMILES string of the molecule is CN=C(NCc1cccc(CN2CCCC2=O)c1)NCc1coc(-c2ccccc2)n1.I. The molecule has 0 saturated carbocycles. The molecule has 2 heterocycles. The first-order chi connectivity index (χ1) is 15.2. The van der Waals surface area contributed by atoms with Crippen LogP contribution in [0.25, 0.3) is 11.5 Å². The van der Waals surface area contributed by atoms with Crippen molar-refractivity contribution in [2.24, 2.45) is 4.99 Å². The number of guanidine groups is 1. The highest BCUT2D eigenvalue weighted by molar-refractivity contribution is 14.0. The number of hydrogen-bond donors (Lipinski definition) is 2. The van der Waals surface area contributed by atoms with E-state index in [0.717, 1.165) is 35.3 Å². The maximum atomic E-state index is 11.9. The lowest BCUT2D eigenvalue weighted by atomic mass is 10.1. The lowest BCUT2D eigenvalue weighted by molar-refractivity contribution is -0.128. The zero-order valence-corrected chi connectivity index (χ0v) is 20.4. The molecule has 168 valence electrons. The van der Waals surface area contributed by atoms with Crippen LogP contribution in [0.15, 0.2) is 70.3 Å². The number of benzene rings is 2. The zero-order valence-electron chi connectivity index (χ0n) is 18.1. The summed E-state index contributed by atoms with van der Waals surface area (Å²) in [5.74, 6) is 1.54. The van der Waals surface area contributed by atoms with Gasteiger partial charge in [0.25, 0.3) is 0 Å². The van der Waals surface area contributed by atoms with Crippen LogP contribution >= 0.6 is 24.0 Å². The van der Waals surface area contributed by atoms with Crippen molar-refractivity contribution in [1.29, 1.82) is 0 Å². The van der Waals surface area contributed by atoms with Crippen LogP contribution in [0.5, 0.6) is 0 Å². The van der Waals surface area contributed by atoms with Gasteiger partial charge >= 0.3 is 0 Å². The molecule has 2 aromatic carbocycles. The fourth-order valence-corrected chi connectivity index (χ4v) is 3.61. The minimum atomic E-state index is 0. The Balaban J connectivity index is 0.00000289. The number of aliphatic imine (C=N–C) groups is 1. The first-order valence-electron chi connectivity index (χ1n) is 10.5. The van der Waals surface area contributed by atoms with Gasteiger partial charge in [0.1, 0.15) is 6.26 Å². The fourth-order valence-electron chi connectivity index (χ4n) is 3.61. The van der Waals surface area contributed by atoms with Gasteiger partial charge in [-0.15, -0.1) is 24.0 Å². The molecule has 8 heteroatoms. The molecular formula is C24H28IN5O2. The highest BCUT2D eigenvalue weighted by atomic mass is 127. The molecule has 1 aliphatic rings. The van der Waals surface area contributed by atoms with Crippen LogP contribution in [-0.4, -0.2) is 35.3 Å². The lowest BCUT2D eigenvalue weighted by Crippen LogP contribution is -2.36. The molecule has 4 rings (SSSR count). The summed E-state index contributed by atoms with van der Waals surface area (Å²) in [5.41, 5.74) is 4.04. The van der Waals surface area contributed by atoms with Crippen LogP contribution in [0.3, 0.4) is 0 Å². The number of amides is 1. The van der Waals surface area contributed by atoms with Gasteiger partial charge < -0.3 is 20.0 Å². The van der Waals surface area contributed by atoms with Gasteiger partial charge in [-0.2, -0.15) is 0 Å². The van der Waals surface area contributed by atoms with Crippen molar-refractivity contribution in [3.63, 3.8) is 0 Å². The topological polar surface area (TPSA) is 82.8 Å². The zero-order chi connectivity index (χ0) is 21.5. The quantitative estimate of drug-likeness (QED) is 0.267. The highest BCUT2D eigenvalue weighted by Crippen LogP contribution is 2.18. The van der Waals surface area contributed by atoms with Gasteiger partial charge in [0.05, 0.1) is 12.2 Å². The number of aromatic nitrogens is 1. The van der Waals surface area contributed by atoms with Gasteiger partial charge in [0.15, 0.2) is 5.96 Å². The van der Waals surface area contributed by atoms with Crippen molar-refractivity contribution in [2.75, 3.05) is 13.6 Å². The molecular weight excluding hydrogens is 517 g/mol. The van der Waals surface area contributed by atoms with Gasteiger partial charge in [-0.05, 0) is 29.7 Å². The molecule has 2 N–H and O–H groups in total. The molecule has 0 aliphatic carbocycles. The van der Waals surface area contributed by atoms with E-state index in [1.807, 2.05) is 41.3 Å². The fraction of sp³-hybridized carbons (Fsp3) is 0.292. The summed E-state index contributed by atoms with van der Waals surface area (Å²) >= 11 is 0. The Labute approximate surface area is 205 Å². The standard InChI is InChI=1S/C24H27N5O2.HI/c1-25-24(27-15-21-17-31-23(28-21)20-9-3-2-4-10-20)26-14-18-7-5-8-19(13-18)16-29-12-6-11-22(29)30;/h2-5,7-10,13,17H,6,11-12,14-16H2,1H3,(H2,25,26,27);1H. The van der Waals surface area contributed by atoms with Crippen molar-refractivity contribution in [2.45, 2.75) is 32.5 Å². The summed E-state index contributed by atoms with van der Waals surface area (Å²) in [6.45, 7) is 2.67. The summed E-state index contributed by atoms with van der Waals surface area (Å²) in [6, 6.07) is 18.1. The Bertz CT molecular complexity index is 1050.